The number of hydrogen-bond acceptors (Lipinski definition) is 2. The Hall–Kier alpha value is -1.35. The third kappa shape index (κ3) is 1.61. The second kappa shape index (κ2) is 3.91. The smallest absolute Gasteiger partial charge is 0.0706 e. The van der Waals surface area contributed by atoms with Crippen LogP contribution < -0.4 is 5.32 Å². The van der Waals surface area contributed by atoms with E-state index in [-0.39, 0.29) is 0 Å². The van der Waals surface area contributed by atoms with Gasteiger partial charge in [-0.05, 0) is 37.9 Å². The molecule has 1 unspecified atom stereocenters. The van der Waals surface area contributed by atoms with E-state index >= 15 is 0 Å². The van der Waals surface area contributed by atoms with Gasteiger partial charge >= 0.3 is 0 Å². The summed E-state index contributed by atoms with van der Waals surface area (Å²) in [6.07, 6.45) is 2.39. The number of fused-ring (bicyclic) bond motifs is 1. The van der Waals surface area contributed by atoms with Gasteiger partial charge in [0.15, 0.2) is 0 Å². The molecule has 0 aliphatic carbocycles. The Labute approximate surface area is 95.5 Å². The van der Waals surface area contributed by atoms with Crippen LogP contribution in [0.3, 0.4) is 0 Å². The van der Waals surface area contributed by atoms with Crippen molar-refractivity contribution in [1.82, 2.24) is 15.1 Å². The van der Waals surface area contributed by atoms with Crippen LogP contribution in [-0.4, -0.2) is 22.9 Å². The van der Waals surface area contributed by atoms with Gasteiger partial charge in [0.05, 0.1) is 11.2 Å². The van der Waals surface area contributed by atoms with Crippen LogP contribution in [0.25, 0.3) is 10.9 Å². The van der Waals surface area contributed by atoms with Crippen molar-refractivity contribution in [1.29, 1.82) is 0 Å². The summed E-state index contributed by atoms with van der Waals surface area (Å²) in [7, 11) is 2.03. The highest BCUT2D eigenvalue weighted by atomic mass is 15.3. The summed E-state index contributed by atoms with van der Waals surface area (Å²) in [5, 5.41) is 9.37. The lowest BCUT2D eigenvalue weighted by Crippen LogP contribution is -2.11. The number of para-hydroxylation sites is 1. The van der Waals surface area contributed by atoms with Crippen LogP contribution in [0.1, 0.15) is 12.1 Å². The highest BCUT2D eigenvalue weighted by Crippen LogP contribution is 2.22. The van der Waals surface area contributed by atoms with Crippen molar-refractivity contribution in [3.63, 3.8) is 0 Å². The number of hydrogen-bond donors (Lipinski definition) is 1. The van der Waals surface area contributed by atoms with Crippen LogP contribution >= 0.6 is 0 Å². The Balaban J connectivity index is 1.96. The van der Waals surface area contributed by atoms with Gasteiger partial charge in [0.1, 0.15) is 0 Å². The molecule has 16 heavy (non-hydrogen) atoms. The average Bonchev–Trinajstić information content (AvgIpc) is 2.90. The van der Waals surface area contributed by atoms with E-state index in [0.29, 0.717) is 0 Å². The van der Waals surface area contributed by atoms with E-state index in [0.717, 1.165) is 25.4 Å². The highest BCUT2D eigenvalue weighted by molar-refractivity contribution is 5.81. The van der Waals surface area contributed by atoms with E-state index < -0.39 is 0 Å². The molecule has 0 amide bonds. The number of benzene rings is 1. The molecule has 1 N–H and O–H groups in total. The first-order chi connectivity index (χ1) is 7.84. The number of aryl methyl sites for hydroxylation is 1. The van der Waals surface area contributed by atoms with Gasteiger partial charge in [-0.3, -0.25) is 4.68 Å². The Morgan fingerprint density at radius 1 is 1.44 bits per heavy atom. The van der Waals surface area contributed by atoms with Crippen molar-refractivity contribution in [3.8, 4) is 0 Å². The summed E-state index contributed by atoms with van der Waals surface area (Å²) in [4.78, 5) is 0. The summed E-state index contributed by atoms with van der Waals surface area (Å²) in [5.41, 5.74) is 2.50. The molecule has 1 aromatic carbocycles. The van der Waals surface area contributed by atoms with Crippen molar-refractivity contribution >= 4 is 10.9 Å². The molecule has 84 valence electrons. The fraction of sp³-hybridized carbons (Fsp3) is 0.462. The predicted octanol–water partition coefficient (Wildman–Crippen LogP) is 1.73. The molecule has 3 rings (SSSR count). The molecular formula is C13H17N3. The molecule has 0 bridgehead atoms. The van der Waals surface area contributed by atoms with Gasteiger partial charge in [-0.15, -0.1) is 0 Å². The van der Waals surface area contributed by atoms with E-state index in [4.69, 9.17) is 0 Å². The van der Waals surface area contributed by atoms with Crippen LogP contribution in [-0.2, 0) is 13.5 Å². The zero-order valence-corrected chi connectivity index (χ0v) is 9.61. The van der Waals surface area contributed by atoms with Crippen molar-refractivity contribution in [2.24, 2.45) is 13.0 Å². The van der Waals surface area contributed by atoms with Gasteiger partial charge in [0.2, 0.25) is 0 Å². The standard InChI is InChI=1S/C13H17N3/c1-16-13-5-3-2-4-11(13)12(15-16)8-10-6-7-14-9-10/h2-5,10,14H,6-9H2,1H3. The lowest BCUT2D eigenvalue weighted by Gasteiger charge is -2.04. The summed E-state index contributed by atoms with van der Waals surface area (Å²) >= 11 is 0. The first kappa shape index (κ1) is 9.85. The third-order valence-electron chi connectivity index (χ3n) is 3.48. The molecular weight excluding hydrogens is 198 g/mol. The minimum absolute atomic E-state index is 0.762. The Morgan fingerprint density at radius 3 is 3.12 bits per heavy atom. The molecule has 0 radical (unpaired) electrons. The second-order valence-corrected chi connectivity index (χ2v) is 4.65. The van der Waals surface area contributed by atoms with E-state index in [9.17, 15) is 0 Å². The number of nitrogens with zero attached hydrogens (tertiary/aromatic N) is 2. The average molecular weight is 215 g/mol. The lowest BCUT2D eigenvalue weighted by molar-refractivity contribution is 0.567. The quantitative estimate of drug-likeness (QED) is 0.826. The Kier molecular flexibility index (Phi) is 2.40. The van der Waals surface area contributed by atoms with Gasteiger partial charge < -0.3 is 5.32 Å². The number of nitrogens with one attached hydrogen (secondary N) is 1. The van der Waals surface area contributed by atoms with E-state index in [1.165, 1.54) is 23.0 Å². The van der Waals surface area contributed by atoms with Crippen molar-refractivity contribution < 1.29 is 0 Å². The van der Waals surface area contributed by atoms with Gasteiger partial charge in [-0.25, -0.2) is 0 Å². The fourth-order valence-corrected chi connectivity index (χ4v) is 2.60. The first-order valence-electron chi connectivity index (χ1n) is 5.96. The summed E-state index contributed by atoms with van der Waals surface area (Å²) in [5.74, 6) is 0.762. The van der Waals surface area contributed by atoms with Crippen LogP contribution in [0.15, 0.2) is 24.3 Å². The lowest BCUT2D eigenvalue weighted by atomic mass is 10.0. The maximum absolute atomic E-state index is 4.64. The SMILES string of the molecule is Cn1nc(CC2CCNC2)c2ccccc21. The summed E-state index contributed by atoms with van der Waals surface area (Å²) in [6, 6.07) is 8.49. The third-order valence-corrected chi connectivity index (χ3v) is 3.48. The van der Waals surface area contributed by atoms with E-state index in [1.807, 2.05) is 11.7 Å². The molecule has 2 heterocycles. The minimum atomic E-state index is 0.762. The molecule has 2 aromatic rings. The largest absolute Gasteiger partial charge is 0.316 e. The van der Waals surface area contributed by atoms with E-state index in [1.54, 1.807) is 0 Å². The minimum Gasteiger partial charge on any atom is -0.316 e. The molecule has 1 aromatic heterocycles. The Bertz CT molecular complexity index is 495. The monoisotopic (exact) mass is 215 g/mol. The predicted molar refractivity (Wildman–Crippen MR) is 65.4 cm³/mol. The molecule has 3 heteroatoms. The van der Waals surface area contributed by atoms with E-state index in [2.05, 4.69) is 34.7 Å². The van der Waals surface area contributed by atoms with Crippen LogP contribution in [0.5, 0.6) is 0 Å². The molecule has 0 spiro atoms. The molecule has 1 fully saturated rings. The number of aromatic nitrogens is 2. The first-order valence-corrected chi connectivity index (χ1v) is 5.96. The van der Waals surface area contributed by atoms with Crippen LogP contribution in [0, 0.1) is 5.92 Å². The maximum Gasteiger partial charge on any atom is 0.0706 e. The van der Waals surface area contributed by atoms with Crippen molar-refractivity contribution in [2.75, 3.05) is 13.1 Å². The molecule has 1 aliphatic heterocycles. The summed E-state index contributed by atoms with van der Waals surface area (Å²) in [6.45, 7) is 2.31. The normalized spacial score (nSPS) is 20.7. The second-order valence-electron chi connectivity index (χ2n) is 4.65. The summed E-state index contributed by atoms with van der Waals surface area (Å²) < 4.78 is 1.99. The molecule has 1 saturated heterocycles. The topological polar surface area (TPSA) is 29.9 Å². The Morgan fingerprint density at radius 2 is 2.31 bits per heavy atom. The fourth-order valence-electron chi connectivity index (χ4n) is 2.60. The molecule has 3 nitrogen and oxygen atoms in total. The zero-order chi connectivity index (χ0) is 11.0. The van der Waals surface area contributed by atoms with Gasteiger partial charge in [-0.1, -0.05) is 18.2 Å². The molecule has 0 saturated carbocycles. The van der Waals surface area contributed by atoms with Crippen LogP contribution in [0.2, 0.25) is 0 Å². The van der Waals surface area contributed by atoms with Gasteiger partial charge in [-0.2, -0.15) is 5.10 Å². The highest BCUT2D eigenvalue weighted by Gasteiger charge is 2.18. The maximum atomic E-state index is 4.64. The zero-order valence-electron chi connectivity index (χ0n) is 9.61. The van der Waals surface area contributed by atoms with Crippen molar-refractivity contribution in [3.05, 3.63) is 30.0 Å². The number of rotatable bonds is 2. The van der Waals surface area contributed by atoms with Gasteiger partial charge in [0.25, 0.3) is 0 Å². The molecule has 1 atom stereocenters. The van der Waals surface area contributed by atoms with Gasteiger partial charge in [0, 0.05) is 12.4 Å². The van der Waals surface area contributed by atoms with Crippen LogP contribution in [0.4, 0.5) is 0 Å². The molecule has 1 aliphatic rings. The van der Waals surface area contributed by atoms with Crippen molar-refractivity contribution in [2.45, 2.75) is 12.8 Å².